The molecule has 0 bridgehead atoms. The summed E-state index contributed by atoms with van der Waals surface area (Å²) in [4.78, 5) is 27.2. The number of amides is 2. The Balaban J connectivity index is 1.34. The van der Waals surface area contributed by atoms with E-state index in [1.54, 1.807) is 24.3 Å². The van der Waals surface area contributed by atoms with Crippen LogP contribution in [0, 0.1) is 0 Å². The molecule has 31 heavy (non-hydrogen) atoms. The van der Waals surface area contributed by atoms with Crippen LogP contribution in [0.3, 0.4) is 0 Å². The topological polar surface area (TPSA) is 119 Å². The van der Waals surface area contributed by atoms with Gasteiger partial charge in [-0.05, 0) is 54.5 Å². The Kier molecular flexibility index (Phi) is 6.21. The van der Waals surface area contributed by atoms with Crippen molar-refractivity contribution in [2.24, 2.45) is 5.73 Å². The minimum absolute atomic E-state index is 0.0553. The summed E-state index contributed by atoms with van der Waals surface area (Å²) in [6.07, 6.45) is 5.03. The smallest absolute Gasteiger partial charge is 0.248 e. The van der Waals surface area contributed by atoms with Gasteiger partial charge in [0, 0.05) is 35.6 Å². The molecular weight excluding hydrogens is 394 g/mol. The van der Waals surface area contributed by atoms with Crippen LogP contribution in [0.15, 0.2) is 48.5 Å². The number of carbonyl (C=O) groups excluding carboxylic acids is 2. The van der Waals surface area contributed by atoms with E-state index in [2.05, 4.69) is 25.6 Å². The molecule has 2 heterocycles. The van der Waals surface area contributed by atoms with Gasteiger partial charge in [0.15, 0.2) is 0 Å². The maximum Gasteiger partial charge on any atom is 0.248 e. The average molecular weight is 419 g/mol. The highest BCUT2D eigenvalue weighted by atomic mass is 16.2. The molecule has 0 saturated carbocycles. The lowest BCUT2D eigenvalue weighted by Gasteiger charge is -2.22. The zero-order valence-electron chi connectivity index (χ0n) is 17.2. The molecule has 1 aliphatic heterocycles. The van der Waals surface area contributed by atoms with Crippen molar-refractivity contribution in [3.63, 3.8) is 0 Å². The summed E-state index contributed by atoms with van der Waals surface area (Å²) in [5.74, 6) is -0.375. The maximum atomic E-state index is 12.4. The second-order valence-corrected chi connectivity index (χ2v) is 7.58. The average Bonchev–Trinajstić information content (AvgIpc) is 3.06. The predicted molar refractivity (Wildman–Crippen MR) is 118 cm³/mol. The van der Waals surface area contributed by atoms with Crippen molar-refractivity contribution in [1.82, 2.24) is 20.2 Å². The van der Waals surface area contributed by atoms with Gasteiger partial charge in [-0.25, -0.2) is 0 Å². The van der Waals surface area contributed by atoms with Gasteiger partial charge < -0.3 is 16.0 Å². The molecule has 0 aliphatic carbocycles. The van der Waals surface area contributed by atoms with Gasteiger partial charge in [0.2, 0.25) is 17.6 Å². The molecule has 0 spiro atoms. The fraction of sp³-hybridized carbons (Fsp3) is 0.318. The van der Waals surface area contributed by atoms with E-state index in [0.717, 1.165) is 18.8 Å². The summed E-state index contributed by atoms with van der Waals surface area (Å²) in [6, 6.07) is 14.5. The quantitative estimate of drug-likeness (QED) is 0.633. The Labute approximate surface area is 180 Å². The van der Waals surface area contributed by atoms with Crippen molar-refractivity contribution >= 4 is 23.2 Å². The number of benzene rings is 2. The van der Waals surface area contributed by atoms with Gasteiger partial charge in [-0.1, -0.05) is 25.0 Å². The molecule has 0 unspecified atom stereocenters. The number of nitrogens with one attached hydrogen (secondary N) is 1. The number of aromatic nitrogens is 4. The molecule has 0 atom stereocenters. The van der Waals surface area contributed by atoms with Crippen LogP contribution < -0.4 is 16.0 Å². The first kappa shape index (κ1) is 20.5. The molecule has 3 aromatic rings. The molecule has 1 fully saturated rings. The maximum absolute atomic E-state index is 12.4. The summed E-state index contributed by atoms with van der Waals surface area (Å²) in [5, 5.41) is 15.0. The highest BCUT2D eigenvalue weighted by molar-refractivity contribution is 5.93. The molecule has 1 saturated heterocycles. The van der Waals surface area contributed by atoms with Crippen LogP contribution in [0.25, 0.3) is 11.4 Å². The Morgan fingerprint density at radius 2 is 1.61 bits per heavy atom. The van der Waals surface area contributed by atoms with Crippen molar-refractivity contribution in [2.75, 3.05) is 23.3 Å². The van der Waals surface area contributed by atoms with Crippen molar-refractivity contribution in [3.8, 4) is 11.4 Å². The first-order valence-corrected chi connectivity index (χ1v) is 10.4. The molecular formula is C22H25N7O2. The molecule has 3 N–H and O–H groups in total. The molecule has 9 nitrogen and oxygen atoms in total. The molecule has 9 heteroatoms. The van der Waals surface area contributed by atoms with E-state index in [1.807, 2.05) is 24.3 Å². The Bertz CT molecular complexity index is 1040. The van der Waals surface area contributed by atoms with Crippen LogP contribution in [0.5, 0.6) is 0 Å². The van der Waals surface area contributed by atoms with E-state index in [-0.39, 0.29) is 12.5 Å². The van der Waals surface area contributed by atoms with Crippen LogP contribution in [0.2, 0.25) is 0 Å². The summed E-state index contributed by atoms with van der Waals surface area (Å²) >= 11 is 0. The second-order valence-electron chi connectivity index (χ2n) is 7.58. The number of primary amides is 1. The van der Waals surface area contributed by atoms with Crippen LogP contribution in [0.1, 0.15) is 36.0 Å². The molecule has 1 aromatic heterocycles. The van der Waals surface area contributed by atoms with E-state index in [4.69, 9.17) is 5.73 Å². The summed E-state index contributed by atoms with van der Waals surface area (Å²) in [7, 11) is 0. The lowest BCUT2D eigenvalue weighted by Crippen LogP contribution is -2.24. The fourth-order valence-corrected chi connectivity index (χ4v) is 3.62. The Hall–Kier alpha value is -3.75. The number of carbonyl (C=O) groups is 2. The molecule has 0 radical (unpaired) electrons. The third kappa shape index (κ3) is 5.25. The lowest BCUT2D eigenvalue weighted by atomic mass is 10.1. The van der Waals surface area contributed by atoms with Crippen molar-refractivity contribution < 1.29 is 9.59 Å². The van der Waals surface area contributed by atoms with E-state index in [1.165, 1.54) is 36.2 Å². The fourth-order valence-electron chi connectivity index (χ4n) is 3.62. The molecule has 1 aliphatic rings. The minimum atomic E-state index is -0.501. The lowest BCUT2D eigenvalue weighted by molar-refractivity contribution is -0.117. The number of hydrogen-bond donors (Lipinski definition) is 2. The van der Waals surface area contributed by atoms with Gasteiger partial charge in [0.1, 0.15) is 6.54 Å². The van der Waals surface area contributed by atoms with E-state index in [0.29, 0.717) is 17.0 Å². The standard InChI is InChI=1S/C22H25N7O2/c23-21(31)16-5-7-17(8-6-16)22-25-27-29(26-22)15-20(30)24-18-9-11-19(12-10-18)28-13-3-1-2-4-14-28/h5-12H,1-4,13-15H2,(H2,23,31)(H,24,30). The Morgan fingerprint density at radius 1 is 0.935 bits per heavy atom. The SMILES string of the molecule is NC(=O)c1ccc(-c2nnn(CC(=O)Nc3ccc(N4CCCCCC4)cc3)n2)cc1. The highest BCUT2D eigenvalue weighted by Crippen LogP contribution is 2.21. The monoisotopic (exact) mass is 419 g/mol. The summed E-state index contributed by atoms with van der Waals surface area (Å²) in [6.45, 7) is 2.11. The summed E-state index contributed by atoms with van der Waals surface area (Å²) in [5.41, 5.74) is 8.24. The van der Waals surface area contributed by atoms with Crippen molar-refractivity contribution in [2.45, 2.75) is 32.2 Å². The van der Waals surface area contributed by atoms with Crippen LogP contribution >= 0.6 is 0 Å². The van der Waals surface area contributed by atoms with Crippen LogP contribution in [0.4, 0.5) is 11.4 Å². The van der Waals surface area contributed by atoms with Crippen molar-refractivity contribution in [1.29, 1.82) is 0 Å². The zero-order chi connectivity index (χ0) is 21.6. The summed E-state index contributed by atoms with van der Waals surface area (Å²) < 4.78 is 0. The largest absolute Gasteiger partial charge is 0.372 e. The van der Waals surface area contributed by atoms with Crippen LogP contribution in [-0.2, 0) is 11.3 Å². The number of anilines is 2. The molecule has 160 valence electrons. The normalized spacial score (nSPS) is 14.1. The predicted octanol–water partition coefficient (Wildman–Crippen LogP) is 2.46. The zero-order valence-corrected chi connectivity index (χ0v) is 17.2. The molecule has 2 amide bonds. The van der Waals surface area contributed by atoms with E-state index >= 15 is 0 Å². The van der Waals surface area contributed by atoms with Gasteiger partial charge in [-0.15, -0.1) is 10.2 Å². The van der Waals surface area contributed by atoms with E-state index < -0.39 is 5.91 Å². The molecule has 4 rings (SSSR count). The number of hydrogen-bond acceptors (Lipinski definition) is 6. The first-order valence-electron chi connectivity index (χ1n) is 10.4. The molecule has 2 aromatic carbocycles. The van der Waals surface area contributed by atoms with Gasteiger partial charge in [-0.3, -0.25) is 9.59 Å². The van der Waals surface area contributed by atoms with Gasteiger partial charge >= 0.3 is 0 Å². The Morgan fingerprint density at radius 3 is 2.26 bits per heavy atom. The van der Waals surface area contributed by atoms with E-state index in [9.17, 15) is 9.59 Å². The second kappa shape index (κ2) is 9.38. The van der Waals surface area contributed by atoms with Crippen molar-refractivity contribution in [3.05, 3.63) is 54.1 Å². The minimum Gasteiger partial charge on any atom is -0.372 e. The third-order valence-corrected chi connectivity index (χ3v) is 5.29. The first-order chi connectivity index (χ1) is 15.1. The van der Waals surface area contributed by atoms with Gasteiger partial charge in [0.05, 0.1) is 0 Å². The van der Waals surface area contributed by atoms with Gasteiger partial charge in [-0.2, -0.15) is 4.80 Å². The number of tetrazole rings is 1. The number of nitrogens with two attached hydrogens (primary N) is 1. The highest BCUT2D eigenvalue weighted by Gasteiger charge is 2.12. The van der Waals surface area contributed by atoms with Gasteiger partial charge in [0.25, 0.3) is 0 Å². The third-order valence-electron chi connectivity index (χ3n) is 5.29. The van der Waals surface area contributed by atoms with Crippen LogP contribution in [-0.4, -0.2) is 45.1 Å². The number of nitrogens with zero attached hydrogens (tertiary/aromatic N) is 5. The number of rotatable bonds is 6.